The van der Waals surface area contributed by atoms with Crippen LogP contribution in [0.25, 0.3) is 32.7 Å². The number of phenols is 3. The Bertz CT molecular complexity index is 5090. The highest BCUT2D eigenvalue weighted by Gasteiger charge is 2.52. The van der Waals surface area contributed by atoms with Gasteiger partial charge in [-0.2, -0.15) is 0 Å². The molecule has 10 unspecified atom stereocenters. The lowest BCUT2D eigenvalue weighted by Crippen LogP contribution is -2.65. The van der Waals surface area contributed by atoms with Gasteiger partial charge in [-0.15, -0.1) is 0 Å². The molecule has 18 atom stereocenters. The number of nitrogens with one attached hydrogen (secondary N) is 9. The molecule has 0 spiro atoms. The molecule has 656 valence electrons. The summed E-state index contributed by atoms with van der Waals surface area (Å²) in [4.78, 5) is 120. The first-order valence-electron chi connectivity index (χ1n) is 39.4. The molecule has 0 aliphatic carbocycles. The summed E-state index contributed by atoms with van der Waals surface area (Å²) >= 11 is 20.5. The second kappa shape index (κ2) is 40.9. The van der Waals surface area contributed by atoms with Gasteiger partial charge in [0.2, 0.25) is 59.3 Å². The first kappa shape index (κ1) is 92.6. The maximum Gasteiger partial charge on any atom is 0.247 e. The van der Waals surface area contributed by atoms with Crippen LogP contribution in [0.2, 0.25) is 15.1 Å². The average molecular weight is 1760 g/mol. The zero-order valence-corrected chi connectivity index (χ0v) is 69.6. The molecule has 7 aromatic carbocycles. The minimum atomic E-state index is -2.26. The predicted octanol–water partition coefficient (Wildman–Crippen LogP) is 5.68. The molecular weight excluding hydrogens is 1660 g/mol. The lowest BCUT2D eigenvalue weighted by atomic mass is 9.84. The van der Waals surface area contributed by atoms with Gasteiger partial charge in [0, 0.05) is 52.2 Å². The largest absolute Gasteiger partial charge is 0.508 e. The summed E-state index contributed by atoms with van der Waals surface area (Å²) in [5.41, 5.74) is 20.7. The number of nitrogens with two attached hydrogens (primary N) is 2. The standard InChI is InChI=1S/C84H97Cl3N14O22/c1-38(2)28-53(91-6)77(112)99-67-69(106)45-19-24-57(51(86)30-45)119-59-10-9-11-60(73(59)123-83-74(72(109)71(108)61(121-83)37-94-101-90)122-63-35-84(5,75(110)40(4)118-63)93-36-41-12-14-42(15-13-41)43-16-21-47(85)22-17-43)120-58-25-20-46(31-52(58)87)70(107)68-82(117)98-66(79(114)92-27-8-7-26-88)50-32-48(102)33-56(104)64(50)49-29-44(18-23-55(49)103)65(80(115)100-68)97-76(111)39(3)95-78(113)54(34-62(89)105)96-81(67)116/h9-25,29-33,38-40,53-54,61,63,65-72,74-75,83,91,93,102-104,106-110H,7-8,26-28,34-37,88H2,1-6H3,(H2,89,105)(H,92,114)(H,95,113)(H,96,116)(H,97,111)(H,98,117)(H,99,112)(H,100,115)/t39-,40?,53-,54+,61?,63?,65?,66+,67-,68+,69-,70-,71?,72?,74?,75?,83?,84?/m1/s1. The number of hydrogen-bond donors (Lipinski definition) is 19. The number of carbonyl (C=O) groups is 8. The lowest BCUT2D eigenvalue weighted by Gasteiger charge is -2.48. The van der Waals surface area contributed by atoms with E-state index in [-0.39, 0.29) is 99.3 Å². The van der Waals surface area contributed by atoms with Gasteiger partial charge in [0.15, 0.2) is 23.9 Å². The van der Waals surface area contributed by atoms with Gasteiger partial charge in [-0.25, -0.2) is 0 Å². The number of para-hydroxylation sites is 1. The number of rotatable bonds is 22. The molecule has 21 N–H and O–H groups in total. The molecule has 6 heterocycles. The minimum Gasteiger partial charge on any atom is -0.508 e. The van der Waals surface area contributed by atoms with Crippen molar-refractivity contribution in [2.24, 2.45) is 22.5 Å². The zero-order chi connectivity index (χ0) is 89.0. The van der Waals surface area contributed by atoms with E-state index in [2.05, 4.69) is 57.9 Å². The van der Waals surface area contributed by atoms with Crippen molar-refractivity contribution in [1.29, 1.82) is 0 Å². The Morgan fingerprint density at radius 3 is 1.97 bits per heavy atom. The number of unbranched alkanes of at least 4 members (excludes halogenated alkanes) is 1. The van der Waals surface area contributed by atoms with Crippen LogP contribution in [-0.4, -0.2) is 200 Å². The summed E-state index contributed by atoms with van der Waals surface area (Å²) in [5, 5.41) is 123. The van der Waals surface area contributed by atoms with Gasteiger partial charge in [-0.05, 0) is 171 Å². The fraction of sp³-hybridized carbons (Fsp3) is 0.405. The van der Waals surface area contributed by atoms with Crippen LogP contribution in [0.15, 0.2) is 139 Å². The van der Waals surface area contributed by atoms with Gasteiger partial charge < -0.3 is 129 Å². The highest BCUT2D eigenvalue weighted by atomic mass is 35.5. The molecule has 6 aliphatic rings. The van der Waals surface area contributed by atoms with Crippen molar-refractivity contribution < 1.29 is 108 Å². The number of aromatic hydroxyl groups is 3. The molecule has 0 saturated carbocycles. The summed E-state index contributed by atoms with van der Waals surface area (Å²) in [7, 11) is 1.48. The van der Waals surface area contributed by atoms with Crippen LogP contribution in [0.1, 0.15) is 119 Å². The highest BCUT2D eigenvalue weighted by Crippen LogP contribution is 2.49. The van der Waals surface area contributed by atoms with Gasteiger partial charge in [0.05, 0.1) is 47.4 Å². The summed E-state index contributed by atoms with van der Waals surface area (Å²) < 4.78 is 39.3. The number of nitrogens with zero attached hydrogens (tertiary/aromatic N) is 3. The third-order valence-corrected chi connectivity index (χ3v) is 22.3. The molecule has 13 rings (SSSR count). The number of ether oxygens (including phenoxy) is 6. The molecule has 8 amide bonds. The number of azide groups is 1. The van der Waals surface area contributed by atoms with E-state index in [1.165, 1.54) is 49.5 Å². The number of carbonyl (C=O) groups excluding carboxylic acids is 8. The average Bonchev–Trinajstić information content (AvgIpc) is 0.761. The minimum absolute atomic E-state index is 0.0336. The first-order chi connectivity index (χ1) is 58.6. The quantitative estimate of drug-likeness (QED) is 0.0168. The molecule has 10 bridgehead atoms. The van der Waals surface area contributed by atoms with E-state index in [4.69, 9.17) is 74.7 Å². The number of likely N-dealkylation sites (N-methyl/N-ethyl adjacent to an activating group) is 1. The Morgan fingerprint density at radius 2 is 1.35 bits per heavy atom. The number of halogens is 3. The third kappa shape index (κ3) is 22.3. The van der Waals surface area contributed by atoms with Crippen LogP contribution < -0.4 is 73.5 Å². The number of phenolic OH excluding ortho intramolecular Hbond substituents is 3. The first-order valence-corrected chi connectivity index (χ1v) is 40.6. The smallest absolute Gasteiger partial charge is 0.247 e. The van der Waals surface area contributed by atoms with E-state index in [0.717, 1.165) is 66.1 Å². The Morgan fingerprint density at radius 1 is 0.707 bits per heavy atom. The fourth-order valence-corrected chi connectivity index (χ4v) is 15.3. The molecule has 39 heteroatoms. The van der Waals surface area contributed by atoms with Gasteiger partial charge in [-0.3, -0.25) is 38.4 Å². The van der Waals surface area contributed by atoms with Crippen molar-refractivity contribution in [2.75, 3.05) is 26.7 Å². The predicted molar refractivity (Wildman–Crippen MR) is 446 cm³/mol. The van der Waals surface area contributed by atoms with Gasteiger partial charge in [0.1, 0.15) is 89.4 Å². The molecule has 6 aliphatic heterocycles. The highest BCUT2D eigenvalue weighted by molar-refractivity contribution is 6.32. The van der Waals surface area contributed by atoms with E-state index in [1.54, 1.807) is 26.0 Å². The maximum atomic E-state index is 15.4. The van der Waals surface area contributed by atoms with E-state index in [1.807, 2.05) is 50.2 Å². The van der Waals surface area contributed by atoms with Crippen LogP contribution in [0.4, 0.5) is 0 Å². The number of hydrogen-bond acceptors (Lipinski definition) is 26. The van der Waals surface area contributed by atoms with Crippen molar-refractivity contribution in [3.63, 3.8) is 0 Å². The Labute approximate surface area is 720 Å². The van der Waals surface area contributed by atoms with Gasteiger partial charge >= 0.3 is 0 Å². The normalized spacial score (nSPS) is 26.0. The molecular formula is C84H97Cl3N14O22. The van der Waals surface area contributed by atoms with Gasteiger partial charge in [0.25, 0.3) is 0 Å². The monoisotopic (exact) mass is 1760 g/mol. The summed E-state index contributed by atoms with van der Waals surface area (Å²) in [6, 6.07) is 18.5. The molecule has 123 heavy (non-hydrogen) atoms. The topological polar surface area (TPSA) is 563 Å². The van der Waals surface area contributed by atoms with Crippen LogP contribution in [0, 0.1) is 5.92 Å². The summed E-state index contributed by atoms with van der Waals surface area (Å²) in [6.45, 7) is 7.95. The van der Waals surface area contributed by atoms with Crippen molar-refractivity contribution >= 4 is 82.1 Å². The maximum absolute atomic E-state index is 15.4. The lowest BCUT2D eigenvalue weighted by molar-refractivity contribution is -0.331. The Hall–Kier alpha value is -11.2. The third-order valence-electron chi connectivity index (χ3n) is 21.4. The molecule has 2 saturated heterocycles. The van der Waals surface area contributed by atoms with Crippen LogP contribution in [0.3, 0.4) is 0 Å². The second-order valence-corrected chi connectivity index (χ2v) is 32.1. The van der Waals surface area contributed by atoms with Crippen LogP contribution in [-0.2, 0) is 59.1 Å². The van der Waals surface area contributed by atoms with Gasteiger partial charge in [-0.1, -0.05) is 114 Å². The van der Waals surface area contributed by atoms with Crippen molar-refractivity contribution in [3.05, 3.63) is 187 Å². The summed E-state index contributed by atoms with van der Waals surface area (Å²) in [5.74, 6) is -13.1. The number of amides is 8. The number of primary amides is 1. The van der Waals surface area contributed by atoms with E-state index >= 15 is 9.59 Å². The van der Waals surface area contributed by atoms with Crippen molar-refractivity contribution in [2.45, 2.75) is 183 Å². The number of aliphatic hydroxyl groups excluding tert-OH is 5. The number of fused-ring (bicyclic) bond motifs is 6. The van der Waals surface area contributed by atoms with Crippen molar-refractivity contribution in [1.82, 2.24) is 47.9 Å². The second-order valence-electron chi connectivity index (χ2n) is 30.9. The zero-order valence-electron chi connectivity index (χ0n) is 67.4. The van der Waals surface area contributed by atoms with E-state index in [9.17, 15) is 75.2 Å². The molecule has 36 nitrogen and oxygen atoms in total. The fourth-order valence-electron chi connectivity index (χ4n) is 14.7. The number of aliphatic hydroxyl groups is 5. The molecule has 2 fully saturated rings. The van der Waals surface area contributed by atoms with Crippen LogP contribution >= 0.6 is 34.8 Å². The molecule has 0 radical (unpaired) electrons. The Balaban J connectivity index is 1.03. The SMILES string of the molecule is CN[C@H](CC(C)C)C(=O)N[C@H]1C(=O)N[C@@H](CC(N)=O)C(=O)N[C@H](C)C(=O)NC2C(=O)N[C@H](C(=O)N[C@H](C(=O)NCCCCN)c3cc(O)cc(O)c3-c3cc2ccc3O)[C@H](O)c2ccc(c(Cl)c2)Oc2cccc(c2OC2OC(CN=[N+]=[N-])C(O)C(O)C2OC2CC(C)(NCc3ccc(-c4ccc(Cl)cc4)cc3)C(O)C(C)O2)Oc2ccc(cc2Cl)[C@H]1O. The summed E-state index contributed by atoms with van der Waals surface area (Å²) in [6.07, 6.45) is -17.0. The van der Waals surface area contributed by atoms with Crippen LogP contribution in [0.5, 0.6) is 46.0 Å². The molecule has 7 aromatic rings. The number of benzene rings is 7. The van der Waals surface area contributed by atoms with Crippen molar-refractivity contribution in [3.8, 4) is 68.2 Å². The Kier molecular flexibility index (Phi) is 30.8. The van der Waals surface area contributed by atoms with E-state index in [0.29, 0.717) is 17.9 Å². The molecule has 0 aromatic heterocycles. The van der Waals surface area contributed by atoms with E-state index < -0.39 is 198 Å².